The highest BCUT2D eigenvalue weighted by Crippen LogP contribution is 2.27. The van der Waals surface area contributed by atoms with Crippen molar-refractivity contribution in [3.8, 4) is 11.5 Å². The van der Waals surface area contributed by atoms with Gasteiger partial charge in [-0.3, -0.25) is 4.79 Å². The van der Waals surface area contributed by atoms with Crippen LogP contribution in [0.5, 0.6) is 11.5 Å². The van der Waals surface area contributed by atoms with Gasteiger partial charge >= 0.3 is 5.97 Å². The van der Waals surface area contributed by atoms with Gasteiger partial charge in [0.25, 0.3) is 0 Å². The SMILES string of the molecule is CCC(C)C(=O)OCc1ccc(OC)c(OC)c1. The summed E-state index contributed by atoms with van der Waals surface area (Å²) in [6.45, 7) is 4.07. The van der Waals surface area contributed by atoms with E-state index >= 15 is 0 Å². The molecule has 1 rings (SSSR count). The number of ether oxygens (including phenoxy) is 3. The van der Waals surface area contributed by atoms with Crippen molar-refractivity contribution in [1.29, 1.82) is 0 Å². The maximum atomic E-state index is 11.5. The molecule has 0 heterocycles. The van der Waals surface area contributed by atoms with Gasteiger partial charge in [-0.15, -0.1) is 0 Å². The molecular weight excluding hydrogens is 232 g/mol. The summed E-state index contributed by atoms with van der Waals surface area (Å²) in [5, 5.41) is 0. The Hall–Kier alpha value is -1.71. The Bertz CT molecular complexity index is 401. The lowest BCUT2D eigenvalue weighted by atomic mass is 10.1. The van der Waals surface area contributed by atoms with E-state index < -0.39 is 0 Å². The van der Waals surface area contributed by atoms with Crippen LogP contribution in [0.3, 0.4) is 0 Å². The smallest absolute Gasteiger partial charge is 0.308 e. The van der Waals surface area contributed by atoms with Gasteiger partial charge in [0, 0.05) is 0 Å². The molecule has 100 valence electrons. The zero-order chi connectivity index (χ0) is 13.5. The predicted molar refractivity (Wildman–Crippen MR) is 68.8 cm³/mol. The molecule has 4 nitrogen and oxygen atoms in total. The Balaban J connectivity index is 2.66. The Morgan fingerprint density at radius 3 is 2.44 bits per heavy atom. The minimum Gasteiger partial charge on any atom is -0.493 e. The maximum absolute atomic E-state index is 11.5. The first-order valence-corrected chi connectivity index (χ1v) is 5.99. The fraction of sp³-hybridized carbons (Fsp3) is 0.500. The average molecular weight is 252 g/mol. The van der Waals surface area contributed by atoms with Crippen molar-refractivity contribution in [2.24, 2.45) is 5.92 Å². The topological polar surface area (TPSA) is 44.8 Å². The second-order valence-corrected chi connectivity index (χ2v) is 4.11. The van der Waals surface area contributed by atoms with Gasteiger partial charge in [-0.1, -0.05) is 19.9 Å². The van der Waals surface area contributed by atoms with Crippen LogP contribution < -0.4 is 9.47 Å². The molecule has 1 atom stereocenters. The highest BCUT2D eigenvalue weighted by atomic mass is 16.5. The first kappa shape index (κ1) is 14.4. The van der Waals surface area contributed by atoms with Crippen molar-refractivity contribution < 1.29 is 19.0 Å². The quantitative estimate of drug-likeness (QED) is 0.730. The van der Waals surface area contributed by atoms with E-state index in [2.05, 4.69) is 0 Å². The van der Waals surface area contributed by atoms with E-state index in [1.165, 1.54) is 0 Å². The number of methoxy groups -OCH3 is 2. The van der Waals surface area contributed by atoms with Crippen molar-refractivity contribution >= 4 is 5.97 Å². The number of rotatable bonds is 6. The number of hydrogen-bond acceptors (Lipinski definition) is 4. The maximum Gasteiger partial charge on any atom is 0.308 e. The third-order valence-corrected chi connectivity index (χ3v) is 2.84. The normalized spacial score (nSPS) is 11.8. The third kappa shape index (κ3) is 3.65. The molecule has 0 bridgehead atoms. The molecule has 1 aromatic rings. The highest BCUT2D eigenvalue weighted by molar-refractivity contribution is 5.71. The van der Waals surface area contributed by atoms with Crippen LogP contribution in [0.1, 0.15) is 25.8 Å². The minimum atomic E-state index is -0.174. The molecule has 0 aliphatic carbocycles. The van der Waals surface area contributed by atoms with Crippen molar-refractivity contribution in [1.82, 2.24) is 0 Å². The number of benzene rings is 1. The highest BCUT2D eigenvalue weighted by Gasteiger charge is 2.12. The summed E-state index contributed by atoms with van der Waals surface area (Å²) >= 11 is 0. The Labute approximate surface area is 108 Å². The lowest BCUT2D eigenvalue weighted by Crippen LogP contribution is -2.13. The summed E-state index contributed by atoms with van der Waals surface area (Å²) in [5.41, 5.74) is 0.879. The molecule has 0 saturated heterocycles. The van der Waals surface area contributed by atoms with Gasteiger partial charge in [0.15, 0.2) is 11.5 Å². The van der Waals surface area contributed by atoms with Crippen LogP contribution in [0.2, 0.25) is 0 Å². The zero-order valence-electron chi connectivity index (χ0n) is 11.4. The van der Waals surface area contributed by atoms with Crippen molar-refractivity contribution in [3.63, 3.8) is 0 Å². The number of carbonyl (C=O) groups is 1. The van der Waals surface area contributed by atoms with E-state index in [9.17, 15) is 4.79 Å². The first-order valence-electron chi connectivity index (χ1n) is 5.99. The van der Waals surface area contributed by atoms with Gasteiger partial charge in [0.05, 0.1) is 20.1 Å². The van der Waals surface area contributed by atoms with E-state index in [1.54, 1.807) is 20.3 Å². The van der Waals surface area contributed by atoms with Crippen LogP contribution >= 0.6 is 0 Å². The van der Waals surface area contributed by atoms with Crippen LogP contribution in [0, 0.1) is 5.92 Å². The van der Waals surface area contributed by atoms with E-state index in [0.717, 1.165) is 12.0 Å². The summed E-state index contributed by atoms with van der Waals surface area (Å²) < 4.78 is 15.5. The van der Waals surface area contributed by atoms with Crippen LogP contribution in [0.25, 0.3) is 0 Å². The van der Waals surface area contributed by atoms with Crippen LogP contribution in [0.15, 0.2) is 18.2 Å². The summed E-state index contributed by atoms with van der Waals surface area (Å²) in [6.07, 6.45) is 0.783. The van der Waals surface area contributed by atoms with Crippen LogP contribution in [0.4, 0.5) is 0 Å². The molecule has 0 saturated carbocycles. The molecule has 0 aromatic heterocycles. The number of hydrogen-bond donors (Lipinski definition) is 0. The van der Waals surface area contributed by atoms with Gasteiger partial charge in [0.2, 0.25) is 0 Å². The summed E-state index contributed by atoms with van der Waals surface area (Å²) in [6, 6.07) is 5.46. The Kier molecular flexibility index (Phi) is 5.49. The first-order chi connectivity index (χ1) is 8.62. The molecule has 0 N–H and O–H groups in total. The minimum absolute atomic E-state index is 0.0647. The van der Waals surface area contributed by atoms with Gasteiger partial charge < -0.3 is 14.2 Å². The van der Waals surface area contributed by atoms with Crippen molar-refractivity contribution in [3.05, 3.63) is 23.8 Å². The van der Waals surface area contributed by atoms with Gasteiger partial charge in [-0.2, -0.15) is 0 Å². The molecule has 0 fully saturated rings. The summed E-state index contributed by atoms with van der Waals surface area (Å²) in [7, 11) is 3.16. The monoisotopic (exact) mass is 252 g/mol. The largest absolute Gasteiger partial charge is 0.493 e. The van der Waals surface area contributed by atoms with E-state index in [0.29, 0.717) is 11.5 Å². The molecule has 0 amide bonds. The molecular formula is C14H20O4. The fourth-order valence-corrected chi connectivity index (χ4v) is 1.43. The molecule has 4 heteroatoms. The standard InChI is InChI=1S/C14H20O4/c1-5-10(2)14(15)18-9-11-6-7-12(16-3)13(8-11)17-4/h6-8,10H,5,9H2,1-4H3. The molecule has 1 aromatic carbocycles. The second-order valence-electron chi connectivity index (χ2n) is 4.11. The lowest BCUT2D eigenvalue weighted by molar-refractivity contribution is -0.149. The lowest BCUT2D eigenvalue weighted by Gasteiger charge is -2.11. The van der Waals surface area contributed by atoms with Gasteiger partial charge in [0.1, 0.15) is 6.61 Å². The van der Waals surface area contributed by atoms with Crippen molar-refractivity contribution in [2.75, 3.05) is 14.2 Å². The fourth-order valence-electron chi connectivity index (χ4n) is 1.43. The zero-order valence-corrected chi connectivity index (χ0v) is 11.4. The molecule has 0 aliphatic heterocycles. The van der Waals surface area contributed by atoms with Gasteiger partial charge in [-0.05, 0) is 24.1 Å². The van der Waals surface area contributed by atoms with E-state index in [1.807, 2.05) is 26.0 Å². The Morgan fingerprint density at radius 2 is 1.89 bits per heavy atom. The summed E-state index contributed by atoms with van der Waals surface area (Å²) in [5.74, 6) is 1.06. The summed E-state index contributed by atoms with van der Waals surface area (Å²) in [4.78, 5) is 11.5. The number of esters is 1. The van der Waals surface area contributed by atoms with Crippen LogP contribution in [-0.4, -0.2) is 20.2 Å². The average Bonchev–Trinajstić information content (AvgIpc) is 2.43. The van der Waals surface area contributed by atoms with E-state index in [-0.39, 0.29) is 18.5 Å². The molecule has 0 radical (unpaired) electrons. The van der Waals surface area contributed by atoms with E-state index in [4.69, 9.17) is 14.2 Å². The Morgan fingerprint density at radius 1 is 1.22 bits per heavy atom. The molecule has 0 spiro atoms. The predicted octanol–water partition coefficient (Wildman–Crippen LogP) is 2.79. The van der Waals surface area contributed by atoms with Crippen molar-refractivity contribution in [2.45, 2.75) is 26.9 Å². The second kappa shape index (κ2) is 6.89. The molecule has 1 unspecified atom stereocenters. The molecule has 0 aliphatic rings. The van der Waals surface area contributed by atoms with Gasteiger partial charge in [-0.25, -0.2) is 0 Å². The van der Waals surface area contributed by atoms with Crippen LogP contribution in [-0.2, 0) is 16.1 Å². The molecule has 18 heavy (non-hydrogen) atoms. The third-order valence-electron chi connectivity index (χ3n) is 2.84. The number of carbonyl (C=O) groups excluding carboxylic acids is 1.